The lowest BCUT2D eigenvalue weighted by atomic mass is 10.0. The standard InChI is InChI=1S/C27H25N3O3S.C2H6/c1-30(25-18-10-14-21-13-8-9-17-23(21)25)26(31)24(19-20-11-4-2-5-12-20)28-27(32)29-34(33)22-15-6-3-7-16-22;1-2/h2-18,24H,19H2,1H3,(H2,28,29,32);1-2H3. The Labute approximate surface area is 214 Å². The summed E-state index contributed by atoms with van der Waals surface area (Å²) in [5.41, 5.74) is 1.65. The number of benzene rings is 4. The van der Waals surface area contributed by atoms with E-state index in [1.807, 2.05) is 86.6 Å². The van der Waals surface area contributed by atoms with E-state index >= 15 is 0 Å². The van der Waals surface area contributed by atoms with Gasteiger partial charge >= 0.3 is 6.03 Å². The van der Waals surface area contributed by atoms with Crippen molar-refractivity contribution in [3.8, 4) is 0 Å². The first-order valence-electron chi connectivity index (χ1n) is 11.9. The van der Waals surface area contributed by atoms with Gasteiger partial charge in [0.2, 0.25) is 5.91 Å². The summed E-state index contributed by atoms with van der Waals surface area (Å²) in [7, 11) is -0.0436. The fraction of sp³-hybridized carbons (Fsp3) is 0.172. The first kappa shape index (κ1) is 26.6. The fourth-order valence-corrected chi connectivity index (χ4v) is 4.53. The van der Waals surface area contributed by atoms with E-state index in [0.29, 0.717) is 11.3 Å². The van der Waals surface area contributed by atoms with E-state index in [-0.39, 0.29) is 5.91 Å². The predicted molar refractivity (Wildman–Crippen MR) is 147 cm³/mol. The zero-order valence-electron chi connectivity index (χ0n) is 20.7. The molecule has 186 valence electrons. The molecule has 3 amide bonds. The van der Waals surface area contributed by atoms with Gasteiger partial charge in [-0.15, -0.1) is 0 Å². The Hall–Kier alpha value is -3.97. The van der Waals surface area contributed by atoms with Gasteiger partial charge in [0, 0.05) is 18.9 Å². The molecule has 0 aliphatic heterocycles. The van der Waals surface area contributed by atoms with Crippen LogP contribution < -0.4 is 14.9 Å². The molecule has 7 heteroatoms. The Morgan fingerprint density at radius 3 is 2.08 bits per heavy atom. The number of amides is 3. The molecule has 0 aliphatic rings. The molecule has 0 radical (unpaired) electrons. The minimum Gasteiger partial charge on any atom is -0.325 e. The molecule has 6 nitrogen and oxygen atoms in total. The third kappa shape index (κ3) is 6.79. The van der Waals surface area contributed by atoms with Gasteiger partial charge in [0.15, 0.2) is 11.0 Å². The summed E-state index contributed by atoms with van der Waals surface area (Å²) in [5.74, 6) is -0.277. The summed E-state index contributed by atoms with van der Waals surface area (Å²) in [6.45, 7) is 4.00. The highest BCUT2D eigenvalue weighted by Gasteiger charge is 2.26. The zero-order valence-corrected chi connectivity index (χ0v) is 21.5. The number of likely N-dealkylation sites (N-methyl/N-ethyl adjacent to an activating group) is 1. The minimum atomic E-state index is -1.74. The molecule has 0 bridgehead atoms. The van der Waals surface area contributed by atoms with Crippen LogP contribution in [0.5, 0.6) is 0 Å². The topological polar surface area (TPSA) is 78.5 Å². The number of carbonyl (C=O) groups is 2. The number of nitrogens with zero attached hydrogens (tertiary/aromatic N) is 1. The lowest BCUT2D eigenvalue weighted by Crippen LogP contribution is -2.51. The van der Waals surface area contributed by atoms with Gasteiger partial charge in [0.1, 0.15) is 6.04 Å². The summed E-state index contributed by atoms with van der Waals surface area (Å²) >= 11 is 0. The Morgan fingerprint density at radius 1 is 0.806 bits per heavy atom. The average Bonchev–Trinajstić information content (AvgIpc) is 2.93. The van der Waals surface area contributed by atoms with E-state index in [2.05, 4.69) is 10.0 Å². The summed E-state index contributed by atoms with van der Waals surface area (Å²) in [4.78, 5) is 28.3. The maximum Gasteiger partial charge on any atom is 0.327 e. The summed E-state index contributed by atoms with van der Waals surface area (Å²) in [5, 5.41) is 4.69. The van der Waals surface area contributed by atoms with Crippen LogP contribution in [0.3, 0.4) is 0 Å². The highest BCUT2D eigenvalue weighted by molar-refractivity contribution is 7.83. The maximum absolute atomic E-state index is 13.6. The second-order valence-electron chi connectivity index (χ2n) is 7.80. The molecule has 0 saturated carbocycles. The third-order valence-corrected chi connectivity index (χ3v) is 6.56. The van der Waals surface area contributed by atoms with Gasteiger partial charge in [-0.3, -0.25) is 9.52 Å². The number of anilines is 1. The summed E-state index contributed by atoms with van der Waals surface area (Å²) in [6, 6.07) is 30.1. The number of nitrogens with one attached hydrogen (secondary N) is 2. The molecule has 4 aromatic rings. The van der Waals surface area contributed by atoms with Crippen molar-refractivity contribution < 1.29 is 13.8 Å². The Bertz CT molecular complexity index is 1310. The van der Waals surface area contributed by atoms with Crippen LogP contribution in [0.1, 0.15) is 19.4 Å². The highest BCUT2D eigenvalue weighted by Crippen LogP contribution is 2.26. The van der Waals surface area contributed by atoms with Crippen LogP contribution in [0.2, 0.25) is 0 Å². The van der Waals surface area contributed by atoms with Gasteiger partial charge in [-0.1, -0.05) is 98.8 Å². The molecule has 2 unspecified atom stereocenters. The molecular formula is C29H31N3O3S. The lowest BCUT2D eigenvalue weighted by molar-refractivity contribution is -0.120. The van der Waals surface area contributed by atoms with Crippen molar-refractivity contribution in [2.45, 2.75) is 31.2 Å². The van der Waals surface area contributed by atoms with Crippen LogP contribution in [-0.2, 0) is 22.2 Å². The van der Waals surface area contributed by atoms with E-state index in [4.69, 9.17) is 0 Å². The van der Waals surface area contributed by atoms with Crippen LogP contribution >= 0.6 is 0 Å². The van der Waals surface area contributed by atoms with Crippen molar-refractivity contribution in [3.63, 3.8) is 0 Å². The molecule has 0 aliphatic carbocycles. The molecule has 2 N–H and O–H groups in total. The predicted octanol–water partition coefficient (Wildman–Crippen LogP) is 5.46. The average molecular weight is 502 g/mol. The summed E-state index contributed by atoms with van der Waals surface area (Å²) < 4.78 is 14.9. The smallest absolute Gasteiger partial charge is 0.325 e. The molecule has 0 fully saturated rings. The van der Waals surface area contributed by atoms with E-state index < -0.39 is 23.1 Å². The number of hydrogen-bond donors (Lipinski definition) is 2. The van der Waals surface area contributed by atoms with Crippen LogP contribution in [0.15, 0.2) is 108 Å². The van der Waals surface area contributed by atoms with Gasteiger partial charge in [-0.25, -0.2) is 9.00 Å². The number of fused-ring (bicyclic) bond motifs is 1. The zero-order chi connectivity index (χ0) is 25.9. The molecular weight excluding hydrogens is 470 g/mol. The molecule has 0 spiro atoms. The molecule has 4 aromatic carbocycles. The largest absolute Gasteiger partial charge is 0.327 e. The Kier molecular flexibility index (Phi) is 9.77. The first-order valence-corrected chi connectivity index (χ1v) is 13.0. The van der Waals surface area contributed by atoms with Crippen molar-refractivity contribution in [1.29, 1.82) is 0 Å². The molecule has 0 saturated heterocycles. The second-order valence-corrected chi connectivity index (χ2v) is 9.01. The van der Waals surface area contributed by atoms with E-state index in [1.165, 1.54) is 0 Å². The molecule has 4 rings (SSSR count). The first-order chi connectivity index (χ1) is 17.5. The van der Waals surface area contributed by atoms with Crippen LogP contribution in [-0.4, -0.2) is 29.2 Å². The van der Waals surface area contributed by atoms with Gasteiger partial charge in [-0.2, -0.15) is 0 Å². The lowest BCUT2D eigenvalue weighted by Gasteiger charge is -2.26. The highest BCUT2D eigenvalue weighted by atomic mass is 32.2. The second kappa shape index (κ2) is 13.2. The molecule has 2 atom stereocenters. The van der Waals surface area contributed by atoms with Crippen molar-refractivity contribution in [2.24, 2.45) is 0 Å². The van der Waals surface area contributed by atoms with Gasteiger partial charge in [-0.05, 0) is 29.1 Å². The van der Waals surface area contributed by atoms with Crippen molar-refractivity contribution in [1.82, 2.24) is 10.0 Å². The van der Waals surface area contributed by atoms with Crippen LogP contribution in [0.25, 0.3) is 10.8 Å². The van der Waals surface area contributed by atoms with Crippen molar-refractivity contribution >= 4 is 39.4 Å². The molecule has 0 heterocycles. The van der Waals surface area contributed by atoms with Gasteiger partial charge in [0.05, 0.1) is 10.6 Å². The number of rotatable bonds is 7. The monoisotopic (exact) mass is 501 g/mol. The van der Waals surface area contributed by atoms with Crippen molar-refractivity contribution in [2.75, 3.05) is 11.9 Å². The maximum atomic E-state index is 13.6. The van der Waals surface area contributed by atoms with E-state index in [0.717, 1.165) is 22.0 Å². The van der Waals surface area contributed by atoms with Gasteiger partial charge in [0.25, 0.3) is 0 Å². The van der Waals surface area contributed by atoms with Gasteiger partial charge < -0.3 is 10.2 Å². The normalized spacial score (nSPS) is 12.0. The van der Waals surface area contributed by atoms with E-state index in [9.17, 15) is 13.8 Å². The minimum absolute atomic E-state index is 0.277. The number of hydrogen-bond acceptors (Lipinski definition) is 3. The molecule has 0 aromatic heterocycles. The molecule has 36 heavy (non-hydrogen) atoms. The number of urea groups is 1. The van der Waals surface area contributed by atoms with Crippen LogP contribution in [0, 0.1) is 0 Å². The third-order valence-electron chi connectivity index (χ3n) is 5.49. The Balaban J connectivity index is 0.00000176. The SMILES string of the molecule is CC.CN(C(=O)C(Cc1ccccc1)NC(=O)NS(=O)c1ccccc1)c1cccc2ccccc12. The number of carbonyl (C=O) groups excluding carboxylic acids is 2. The Morgan fingerprint density at radius 2 is 1.39 bits per heavy atom. The van der Waals surface area contributed by atoms with Crippen LogP contribution in [0.4, 0.5) is 10.5 Å². The van der Waals surface area contributed by atoms with E-state index in [1.54, 1.807) is 42.3 Å². The van der Waals surface area contributed by atoms with Crippen molar-refractivity contribution in [3.05, 3.63) is 109 Å². The quantitative estimate of drug-likeness (QED) is 0.353. The summed E-state index contributed by atoms with van der Waals surface area (Å²) in [6.07, 6.45) is 0.292. The fourth-order valence-electron chi connectivity index (χ4n) is 3.78.